The predicted molar refractivity (Wildman–Crippen MR) is 63.8 cm³/mol. The predicted octanol–water partition coefficient (Wildman–Crippen LogP) is 3.75. The number of nitrogens with zero attached hydrogens (tertiary/aromatic N) is 3. The van der Waals surface area contributed by atoms with Crippen molar-refractivity contribution >= 4 is 11.3 Å². The summed E-state index contributed by atoms with van der Waals surface area (Å²) in [5.41, 5.74) is 9.40. The Hall–Kier alpha value is -1.43. The topological polar surface area (TPSA) is 48.8 Å². The van der Waals surface area contributed by atoms with Crippen molar-refractivity contribution in [3.05, 3.63) is 32.3 Å². The van der Waals surface area contributed by atoms with E-state index in [1.807, 2.05) is 0 Å². The van der Waals surface area contributed by atoms with Crippen LogP contribution in [0.1, 0.15) is 30.2 Å². The second-order valence-electron chi connectivity index (χ2n) is 3.07. The third-order valence-electron chi connectivity index (χ3n) is 1.96. The maximum Gasteiger partial charge on any atom is 0.0880 e. The molecule has 0 aliphatic heterocycles. The van der Waals surface area contributed by atoms with Crippen LogP contribution in [0.4, 0.5) is 0 Å². The van der Waals surface area contributed by atoms with Gasteiger partial charge in [-0.3, -0.25) is 0 Å². The molecule has 1 aromatic heterocycles. The van der Waals surface area contributed by atoms with Crippen molar-refractivity contribution in [2.75, 3.05) is 6.54 Å². The van der Waals surface area contributed by atoms with E-state index in [1.165, 1.54) is 18.4 Å². The molecular weight excluding hydrogens is 206 g/mol. The number of hydrogen-bond acceptors (Lipinski definition) is 2. The van der Waals surface area contributed by atoms with Gasteiger partial charge in [-0.1, -0.05) is 30.3 Å². The third-order valence-corrected chi connectivity index (χ3v) is 2.83. The Labute approximate surface area is 93.8 Å². The maximum atomic E-state index is 8.09. The van der Waals surface area contributed by atoms with Gasteiger partial charge in [-0.05, 0) is 35.4 Å². The first kappa shape index (κ1) is 11.6. The molecule has 0 saturated heterocycles. The van der Waals surface area contributed by atoms with Gasteiger partial charge in [0, 0.05) is 4.91 Å². The van der Waals surface area contributed by atoms with Crippen LogP contribution in [0.15, 0.2) is 16.6 Å². The fraction of sp³-hybridized carbons (Fsp3) is 0.455. The van der Waals surface area contributed by atoms with Crippen molar-refractivity contribution in [1.82, 2.24) is 0 Å². The number of rotatable bonds is 4. The normalized spacial score (nSPS) is 8.87. The van der Waals surface area contributed by atoms with Crippen molar-refractivity contribution in [3.8, 4) is 11.8 Å². The van der Waals surface area contributed by atoms with Gasteiger partial charge in [0.05, 0.1) is 11.4 Å². The van der Waals surface area contributed by atoms with Gasteiger partial charge in [-0.2, -0.15) is 0 Å². The second kappa shape index (κ2) is 6.94. The molecule has 1 aromatic rings. The molecule has 0 saturated carbocycles. The highest BCUT2D eigenvalue weighted by Gasteiger charge is 1.99. The average Bonchev–Trinajstić information content (AvgIpc) is 2.69. The van der Waals surface area contributed by atoms with E-state index >= 15 is 0 Å². The van der Waals surface area contributed by atoms with Gasteiger partial charge in [0.15, 0.2) is 0 Å². The van der Waals surface area contributed by atoms with Crippen LogP contribution in [0, 0.1) is 11.8 Å². The van der Waals surface area contributed by atoms with Crippen LogP contribution in [0.25, 0.3) is 10.4 Å². The zero-order valence-electron chi connectivity index (χ0n) is 8.73. The fourth-order valence-electron chi connectivity index (χ4n) is 1.20. The standard InChI is InChI=1S/C11H13N3S/c1-2-3-5-10-7-9-15-11(10)6-4-8-13-14-12/h7,9H,2-3,5,8H2,1H3. The van der Waals surface area contributed by atoms with E-state index in [-0.39, 0.29) is 6.54 Å². The first-order valence-corrected chi connectivity index (χ1v) is 5.82. The summed E-state index contributed by atoms with van der Waals surface area (Å²) in [7, 11) is 0. The lowest BCUT2D eigenvalue weighted by Gasteiger charge is -1.95. The Bertz CT molecular complexity index is 405. The van der Waals surface area contributed by atoms with Gasteiger partial charge in [-0.15, -0.1) is 11.3 Å². The molecular formula is C11H13N3S. The molecule has 0 N–H and O–H groups in total. The van der Waals surface area contributed by atoms with Crippen LogP contribution in [0.5, 0.6) is 0 Å². The summed E-state index contributed by atoms with van der Waals surface area (Å²) in [4.78, 5) is 3.76. The molecule has 3 nitrogen and oxygen atoms in total. The molecule has 0 bridgehead atoms. The van der Waals surface area contributed by atoms with Crippen LogP contribution in [0.3, 0.4) is 0 Å². The first-order valence-electron chi connectivity index (χ1n) is 4.94. The third kappa shape index (κ3) is 4.07. The summed E-state index contributed by atoms with van der Waals surface area (Å²) in [6.45, 7) is 2.43. The van der Waals surface area contributed by atoms with E-state index in [0.29, 0.717) is 0 Å². The zero-order valence-corrected chi connectivity index (χ0v) is 9.55. The molecule has 0 aliphatic carbocycles. The van der Waals surface area contributed by atoms with Crippen LogP contribution >= 0.6 is 11.3 Å². The quantitative estimate of drug-likeness (QED) is 0.320. The van der Waals surface area contributed by atoms with Crippen LogP contribution in [-0.2, 0) is 6.42 Å². The molecule has 0 unspecified atom stereocenters. The molecule has 0 fully saturated rings. The smallest absolute Gasteiger partial charge is 0.0880 e. The molecule has 1 heterocycles. The van der Waals surface area contributed by atoms with Gasteiger partial charge in [-0.25, -0.2) is 0 Å². The maximum absolute atomic E-state index is 8.09. The zero-order chi connectivity index (χ0) is 10.9. The Morgan fingerprint density at radius 1 is 1.60 bits per heavy atom. The average molecular weight is 219 g/mol. The Morgan fingerprint density at radius 3 is 3.20 bits per heavy atom. The van der Waals surface area contributed by atoms with E-state index in [9.17, 15) is 0 Å². The Balaban J connectivity index is 2.62. The minimum Gasteiger partial charge on any atom is -0.135 e. The number of hydrogen-bond donors (Lipinski definition) is 0. The monoisotopic (exact) mass is 219 g/mol. The van der Waals surface area contributed by atoms with Crippen molar-refractivity contribution < 1.29 is 0 Å². The second-order valence-corrected chi connectivity index (χ2v) is 3.99. The highest BCUT2D eigenvalue weighted by atomic mass is 32.1. The fourth-order valence-corrected chi connectivity index (χ4v) is 2.02. The summed E-state index contributed by atoms with van der Waals surface area (Å²) in [5, 5.41) is 5.43. The molecule has 0 aliphatic rings. The molecule has 15 heavy (non-hydrogen) atoms. The van der Waals surface area contributed by atoms with E-state index in [0.717, 1.165) is 11.3 Å². The lowest BCUT2D eigenvalue weighted by molar-refractivity contribution is 0.796. The number of unbranched alkanes of at least 4 members (excludes halogenated alkanes) is 1. The number of azide groups is 1. The van der Waals surface area contributed by atoms with Crippen LogP contribution in [0.2, 0.25) is 0 Å². The SMILES string of the molecule is CCCCc1ccsc1C#CCN=[N+]=[N-]. The summed E-state index contributed by atoms with van der Waals surface area (Å²) in [6, 6.07) is 2.12. The minimum atomic E-state index is 0.252. The molecule has 0 radical (unpaired) electrons. The summed E-state index contributed by atoms with van der Waals surface area (Å²) in [5.74, 6) is 5.89. The minimum absolute atomic E-state index is 0.252. The van der Waals surface area contributed by atoms with Crippen molar-refractivity contribution in [2.24, 2.45) is 5.11 Å². The summed E-state index contributed by atoms with van der Waals surface area (Å²) >= 11 is 1.65. The largest absolute Gasteiger partial charge is 0.135 e. The molecule has 0 aromatic carbocycles. The Morgan fingerprint density at radius 2 is 2.47 bits per heavy atom. The molecule has 0 amide bonds. The lowest BCUT2D eigenvalue weighted by atomic mass is 10.1. The number of thiophene rings is 1. The van der Waals surface area contributed by atoms with Gasteiger partial charge < -0.3 is 0 Å². The van der Waals surface area contributed by atoms with Gasteiger partial charge >= 0.3 is 0 Å². The summed E-state index contributed by atoms with van der Waals surface area (Å²) in [6.07, 6.45) is 3.48. The van der Waals surface area contributed by atoms with E-state index in [2.05, 4.69) is 40.2 Å². The molecule has 0 spiro atoms. The van der Waals surface area contributed by atoms with E-state index in [4.69, 9.17) is 5.53 Å². The van der Waals surface area contributed by atoms with Crippen molar-refractivity contribution in [2.45, 2.75) is 26.2 Å². The molecule has 78 valence electrons. The van der Waals surface area contributed by atoms with Crippen LogP contribution in [-0.4, -0.2) is 6.54 Å². The van der Waals surface area contributed by atoms with Gasteiger partial charge in [0.25, 0.3) is 0 Å². The van der Waals surface area contributed by atoms with Crippen LogP contribution < -0.4 is 0 Å². The van der Waals surface area contributed by atoms with E-state index in [1.54, 1.807) is 11.3 Å². The molecule has 0 atom stereocenters. The highest BCUT2D eigenvalue weighted by Crippen LogP contribution is 2.17. The van der Waals surface area contributed by atoms with E-state index < -0.39 is 0 Å². The lowest BCUT2D eigenvalue weighted by Crippen LogP contribution is -1.84. The molecule has 4 heteroatoms. The van der Waals surface area contributed by atoms with Gasteiger partial charge in [0.2, 0.25) is 0 Å². The van der Waals surface area contributed by atoms with Crippen molar-refractivity contribution in [3.63, 3.8) is 0 Å². The number of aryl methyl sites for hydroxylation is 1. The van der Waals surface area contributed by atoms with Crippen molar-refractivity contribution in [1.29, 1.82) is 0 Å². The highest BCUT2D eigenvalue weighted by molar-refractivity contribution is 7.10. The summed E-state index contributed by atoms with van der Waals surface area (Å²) < 4.78 is 0. The first-order chi connectivity index (χ1) is 7.38. The molecule has 1 rings (SSSR count). The van der Waals surface area contributed by atoms with Gasteiger partial charge in [0.1, 0.15) is 0 Å². The Kier molecular flexibility index (Phi) is 5.39.